The van der Waals surface area contributed by atoms with Gasteiger partial charge in [-0.3, -0.25) is 0 Å². The molecule has 1 nitrogen and oxygen atoms in total. The first-order valence-electron chi connectivity index (χ1n) is 4.53. The quantitative estimate of drug-likeness (QED) is 0.636. The van der Waals surface area contributed by atoms with Gasteiger partial charge >= 0.3 is 0 Å². The third-order valence-corrected chi connectivity index (χ3v) is 1.68. The van der Waals surface area contributed by atoms with Crippen molar-refractivity contribution in [3.8, 4) is 0 Å². The summed E-state index contributed by atoms with van der Waals surface area (Å²) in [5.74, 6) is 0. The van der Waals surface area contributed by atoms with E-state index < -0.39 is 0 Å². The number of allylic oxidation sites excluding steroid dienone is 5. The summed E-state index contributed by atoms with van der Waals surface area (Å²) in [4.78, 5) is 0. The third-order valence-electron chi connectivity index (χ3n) is 1.68. The Morgan fingerprint density at radius 3 is 2.42 bits per heavy atom. The summed E-state index contributed by atoms with van der Waals surface area (Å²) in [6.45, 7) is 6.26. The molecule has 0 aliphatic carbocycles. The highest BCUT2D eigenvalue weighted by molar-refractivity contribution is 5.27. The van der Waals surface area contributed by atoms with Crippen LogP contribution >= 0.6 is 0 Å². The SMILES string of the molecule is C\C=C(/C=C(N)\C=C\CC)CC. The molecule has 0 bridgehead atoms. The molecule has 2 N–H and O–H groups in total. The van der Waals surface area contributed by atoms with Crippen LogP contribution in [-0.2, 0) is 0 Å². The van der Waals surface area contributed by atoms with Crippen molar-refractivity contribution >= 4 is 0 Å². The maximum atomic E-state index is 5.75. The van der Waals surface area contributed by atoms with E-state index in [-0.39, 0.29) is 0 Å². The molecule has 0 atom stereocenters. The van der Waals surface area contributed by atoms with Crippen molar-refractivity contribution in [3.63, 3.8) is 0 Å². The van der Waals surface area contributed by atoms with Gasteiger partial charge < -0.3 is 5.73 Å². The molecular weight excluding hydrogens is 146 g/mol. The Balaban J connectivity index is 4.23. The Hall–Kier alpha value is -0.980. The van der Waals surface area contributed by atoms with Crippen LogP contribution in [0.1, 0.15) is 33.6 Å². The van der Waals surface area contributed by atoms with E-state index in [4.69, 9.17) is 5.73 Å². The first-order chi connectivity index (χ1) is 5.74. The molecule has 0 aromatic carbocycles. The topological polar surface area (TPSA) is 26.0 Å². The van der Waals surface area contributed by atoms with E-state index in [0.29, 0.717) is 0 Å². The highest BCUT2D eigenvalue weighted by atomic mass is 14.5. The molecule has 68 valence electrons. The van der Waals surface area contributed by atoms with Gasteiger partial charge in [-0.15, -0.1) is 0 Å². The van der Waals surface area contributed by atoms with Crippen LogP contribution in [0.2, 0.25) is 0 Å². The zero-order valence-electron chi connectivity index (χ0n) is 8.30. The van der Waals surface area contributed by atoms with E-state index in [9.17, 15) is 0 Å². The van der Waals surface area contributed by atoms with E-state index in [1.54, 1.807) is 0 Å². The normalized spacial score (nSPS) is 14.2. The van der Waals surface area contributed by atoms with Crippen molar-refractivity contribution in [2.24, 2.45) is 5.73 Å². The molecule has 0 amide bonds. The van der Waals surface area contributed by atoms with Crippen LogP contribution in [-0.4, -0.2) is 0 Å². The fraction of sp³-hybridized carbons (Fsp3) is 0.455. The summed E-state index contributed by atoms with van der Waals surface area (Å²) >= 11 is 0. The number of rotatable bonds is 4. The lowest BCUT2D eigenvalue weighted by Gasteiger charge is -1.96. The summed E-state index contributed by atoms with van der Waals surface area (Å²) in [5, 5.41) is 0. The molecule has 0 aromatic rings. The Morgan fingerprint density at radius 2 is 2.00 bits per heavy atom. The molecule has 0 unspecified atom stereocenters. The fourth-order valence-electron chi connectivity index (χ4n) is 0.906. The lowest BCUT2D eigenvalue weighted by molar-refractivity contribution is 1.13. The molecule has 0 fully saturated rings. The van der Waals surface area contributed by atoms with Crippen LogP contribution in [0.4, 0.5) is 0 Å². The lowest BCUT2D eigenvalue weighted by Crippen LogP contribution is -1.93. The first kappa shape index (κ1) is 11.0. The van der Waals surface area contributed by atoms with Crippen LogP contribution < -0.4 is 5.73 Å². The summed E-state index contributed by atoms with van der Waals surface area (Å²) in [6.07, 6.45) is 10.2. The van der Waals surface area contributed by atoms with Crippen molar-refractivity contribution in [1.29, 1.82) is 0 Å². The monoisotopic (exact) mass is 165 g/mol. The van der Waals surface area contributed by atoms with Crippen molar-refractivity contribution in [2.45, 2.75) is 33.6 Å². The van der Waals surface area contributed by atoms with Crippen LogP contribution in [0.3, 0.4) is 0 Å². The Bertz CT molecular complexity index is 197. The van der Waals surface area contributed by atoms with E-state index in [1.807, 2.05) is 19.1 Å². The smallest absolute Gasteiger partial charge is 0.0313 e. The van der Waals surface area contributed by atoms with Crippen LogP contribution in [0.15, 0.2) is 35.6 Å². The second kappa shape index (κ2) is 6.71. The second-order valence-corrected chi connectivity index (χ2v) is 2.67. The highest BCUT2D eigenvalue weighted by Crippen LogP contribution is 2.04. The molecule has 0 aromatic heterocycles. The first-order valence-corrected chi connectivity index (χ1v) is 4.53. The maximum absolute atomic E-state index is 5.75. The average molecular weight is 165 g/mol. The minimum Gasteiger partial charge on any atom is -0.399 e. The molecule has 0 saturated heterocycles. The fourth-order valence-corrected chi connectivity index (χ4v) is 0.906. The highest BCUT2D eigenvalue weighted by Gasteiger charge is 1.87. The minimum absolute atomic E-state index is 0.840. The van der Waals surface area contributed by atoms with Gasteiger partial charge in [0.1, 0.15) is 0 Å². The zero-order valence-corrected chi connectivity index (χ0v) is 8.30. The molecule has 0 rings (SSSR count). The number of hydrogen-bond donors (Lipinski definition) is 1. The molecule has 1 heteroatoms. The molecular formula is C11H19N. The van der Waals surface area contributed by atoms with E-state index >= 15 is 0 Å². The van der Waals surface area contributed by atoms with Crippen molar-refractivity contribution in [2.75, 3.05) is 0 Å². The average Bonchev–Trinajstić information content (AvgIpc) is 2.10. The van der Waals surface area contributed by atoms with Gasteiger partial charge in [-0.2, -0.15) is 0 Å². The maximum Gasteiger partial charge on any atom is 0.0313 e. The molecule has 0 aliphatic rings. The standard InChI is InChI=1S/C11H19N/c1-4-7-8-11(12)9-10(5-2)6-3/h5,7-9H,4,6,12H2,1-3H3/b8-7+,10-5-,11-9+. The van der Waals surface area contributed by atoms with Crippen LogP contribution in [0.5, 0.6) is 0 Å². The Kier molecular flexibility index (Phi) is 6.16. The Morgan fingerprint density at radius 1 is 1.33 bits per heavy atom. The van der Waals surface area contributed by atoms with Crippen molar-refractivity contribution < 1.29 is 0 Å². The third kappa shape index (κ3) is 4.78. The van der Waals surface area contributed by atoms with Gasteiger partial charge in [0, 0.05) is 5.70 Å². The minimum atomic E-state index is 0.840. The van der Waals surface area contributed by atoms with E-state index in [2.05, 4.69) is 26.0 Å². The number of nitrogens with two attached hydrogens (primary N) is 1. The predicted molar refractivity (Wildman–Crippen MR) is 55.7 cm³/mol. The van der Waals surface area contributed by atoms with Crippen molar-refractivity contribution in [3.05, 3.63) is 35.6 Å². The summed E-state index contributed by atoms with van der Waals surface area (Å²) < 4.78 is 0. The van der Waals surface area contributed by atoms with Crippen molar-refractivity contribution in [1.82, 2.24) is 0 Å². The molecule has 0 spiro atoms. The Labute approximate surface area is 75.7 Å². The molecule has 0 aliphatic heterocycles. The van der Waals surface area contributed by atoms with Gasteiger partial charge in [0.25, 0.3) is 0 Å². The molecule has 0 saturated carbocycles. The van der Waals surface area contributed by atoms with E-state index in [1.165, 1.54) is 5.57 Å². The summed E-state index contributed by atoms with van der Waals surface area (Å²) in [5.41, 5.74) is 7.87. The van der Waals surface area contributed by atoms with Gasteiger partial charge in [0.2, 0.25) is 0 Å². The zero-order chi connectivity index (χ0) is 9.40. The van der Waals surface area contributed by atoms with Gasteiger partial charge in [-0.1, -0.05) is 31.6 Å². The lowest BCUT2D eigenvalue weighted by atomic mass is 10.1. The van der Waals surface area contributed by atoms with Crippen LogP contribution in [0.25, 0.3) is 0 Å². The predicted octanol–water partition coefficient (Wildman–Crippen LogP) is 3.15. The summed E-state index contributed by atoms with van der Waals surface area (Å²) in [6, 6.07) is 0. The van der Waals surface area contributed by atoms with Gasteiger partial charge in [0.15, 0.2) is 0 Å². The van der Waals surface area contributed by atoms with Crippen LogP contribution in [0, 0.1) is 0 Å². The largest absolute Gasteiger partial charge is 0.399 e. The second-order valence-electron chi connectivity index (χ2n) is 2.67. The van der Waals surface area contributed by atoms with Gasteiger partial charge in [-0.25, -0.2) is 0 Å². The van der Waals surface area contributed by atoms with Gasteiger partial charge in [0.05, 0.1) is 0 Å². The molecule has 0 heterocycles. The van der Waals surface area contributed by atoms with Gasteiger partial charge in [-0.05, 0) is 31.9 Å². The van der Waals surface area contributed by atoms with E-state index in [0.717, 1.165) is 18.5 Å². The molecule has 12 heavy (non-hydrogen) atoms. The summed E-state index contributed by atoms with van der Waals surface area (Å²) in [7, 11) is 0. The number of hydrogen-bond acceptors (Lipinski definition) is 1. The molecule has 0 radical (unpaired) electrons.